The molecule has 0 aliphatic carbocycles. The summed E-state index contributed by atoms with van der Waals surface area (Å²) < 4.78 is 0. The van der Waals surface area contributed by atoms with Gasteiger partial charge in [0.2, 0.25) is 0 Å². The number of likely N-dealkylation sites (tertiary alicyclic amines) is 1. The van der Waals surface area contributed by atoms with Crippen molar-refractivity contribution in [3.8, 4) is 0 Å². The van der Waals surface area contributed by atoms with E-state index in [0.717, 1.165) is 25.9 Å². The van der Waals surface area contributed by atoms with Gasteiger partial charge in [-0.25, -0.2) is 0 Å². The highest BCUT2D eigenvalue weighted by molar-refractivity contribution is 5.88. The molecule has 2 nitrogen and oxygen atoms in total. The van der Waals surface area contributed by atoms with Gasteiger partial charge >= 0.3 is 0 Å². The standard InChI is InChI=1S/C12H23NO/c1-5-8-13-9-6-7-10(13)11(14)12(2,3)4/h10H,5-9H2,1-4H3/t10-/m0/s1. The third kappa shape index (κ3) is 2.57. The van der Waals surface area contributed by atoms with Crippen LogP contribution in [0, 0.1) is 5.41 Å². The summed E-state index contributed by atoms with van der Waals surface area (Å²) in [5.41, 5.74) is -0.180. The first-order valence-electron chi connectivity index (χ1n) is 5.75. The molecule has 14 heavy (non-hydrogen) atoms. The first-order valence-corrected chi connectivity index (χ1v) is 5.75. The normalized spacial score (nSPS) is 24.1. The van der Waals surface area contributed by atoms with E-state index in [0.29, 0.717) is 5.78 Å². The van der Waals surface area contributed by atoms with Crippen LogP contribution in [0.3, 0.4) is 0 Å². The number of ketones is 1. The van der Waals surface area contributed by atoms with Crippen molar-refractivity contribution in [2.75, 3.05) is 13.1 Å². The van der Waals surface area contributed by atoms with Crippen LogP contribution in [0.4, 0.5) is 0 Å². The first-order chi connectivity index (χ1) is 6.46. The highest BCUT2D eigenvalue weighted by Gasteiger charge is 2.35. The number of carbonyl (C=O) groups excluding carboxylic acids is 1. The zero-order valence-electron chi connectivity index (χ0n) is 9.97. The Bertz CT molecular complexity index is 205. The topological polar surface area (TPSA) is 20.3 Å². The first kappa shape index (κ1) is 11.7. The van der Waals surface area contributed by atoms with Gasteiger partial charge in [0.15, 0.2) is 5.78 Å². The average molecular weight is 197 g/mol. The molecule has 0 aromatic rings. The van der Waals surface area contributed by atoms with Gasteiger partial charge in [-0.1, -0.05) is 27.7 Å². The molecule has 1 atom stereocenters. The van der Waals surface area contributed by atoms with Crippen molar-refractivity contribution in [3.63, 3.8) is 0 Å². The number of carbonyl (C=O) groups is 1. The Kier molecular flexibility index (Phi) is 3.71. The minimum absolute atomic E-state index is 0.180. The molecule has 0 unspecified atom stereocenters. The van der Waals surface area contributed by atoms with Crippen molar-refractivity contribution in [3.05, 3.63) is 0 Å². The Morgan fingerprint density at radius 1 is 1.43 bits per heavy atom. The number of hydrogen-bond donors (Lipinski definition) is 0. The van der Waals surface area contributed by atoms with E-state index < -0.39 is 0 Å². The van der Waals surface area contributed by atoms with Crippen molar-refractivity contribution in [2.24, 2.45) is 5.41 Å². The Labute approximate surface area is 87.7 Å². The fourth-order valence-electron chi connectivity index (χ4n) is 2.18. The second-order valence-corrected chi connectivity index (χ2v) is 5.31. The molecule has 1 saturated heterocycles. The monoisotopic (exact) mass is 197 g/mol. The summed E-state index contributed by atoms with van der Waals surface area (Å²) in [5.74, 6) is 0.420. The molecule has 0 aromatic carbocycles. The molecule has 0 N–H and O–H groups in total. The Hall–Kier alpha value is -0.370. The Morgan fingerprint density at radius 3 is 2.57 bits per heavy atom. The van der Waals surface area contributed by atoms with Gasteiger partial charge in [0.25, 0.3) is 0 Å². The molecular weight excluding hydrogens is 174 g/mol. The number of Topliss-reactive ketones (excluding diaryl/α,β-unsaturated/α-hetero) is 1. The summed E-state index contributed by atoms with van der Waals surface area (Å²) in [5, 5.41) is 0. The van der Waals surface area contributed by atoms with Gasteiger partial charge in [0, 0.05) is 5.41 Å². The minimum Gasteiger partial charge on any atom is -0.297 e. The van der Waals surface area contributed by atoms with Crippen molar-refractivity contribution in [2.45, 2.75) is 53.0 Å². The van der Waals surface area contributed by atoms with E-state index >= 15 is 0 Å². The third-order valence-electron chi connectivity index (χ3n) is 2.92. The zero-order valence-corrected chi connectivity index (χ0v) is 9.97. The molecular formula is C12H23NO. The molecule has 0 radical (unpaired) electrons. The van der Waals surface area contributed by atoms with Gasteiger partial charge in [0.1, 0.15) is 0 Å². The molecule has 82 valence electrons. The highest BCUT2D eigenvalue weighted by Crippen LogP contribution is 2.26. The van der Waals surface area contributed by atoms with Crippen LogP contribution in [0.15, 0.2) is 0 Å². The van der Waals surface area contributed by atoms with E-state index in [4.69, 9.17) is 0 Å². The predicted molar refractivity (Wildman–Crippen MR) is 59.3 cm³/mol. The van der Waals surface area contributed by atoms with Crippen molar-refractivity contribution < 1.29 is 4.79 Å². The van der Waals surface area contributed by atoms with E-state index in [9.17, 15) is 4.79 Å². The number of hydrogen-bond acceptors (Lipinski definition) is 2. The van der Waals surface area contributed by atoms with Gasteiger partial charge in [0.05, 0.1) is 6.04 Å². The number of rotatable bonds is 3. The molecule has 1 rings (SSSR count). The van der Waals surface area contributed by atoms with E-state index in [1.165, 1.54) is 6.42 Å². The minimum atomic E-state index is -0.180. The van der Waals surface area contributed by atoms with Crippen LogP contribution in [0.25, 0.3) is 0 Å². The van der Waals surface area contributed by atoms with Crippen LogP contribution in [0.5, 0.6) is 0 Å². The second-order valence-electron chi connectivity index (χ2n) is 5.31. The quantitative estimate of drug-likeness (QED) is 0.692. The van der Waals surface area contributed by atoms with Gasteiger partial charge < -0.3 is 0 Å². The lowest BCUT2D eigenvalue weighted by atomic mass is 9.85. The van der Waals surface area contributed by atoms with Crippen LogP contribution >= 0.6 is 0 Å². The molecule has 1 aliphatic heterocycles. The summed E-state index contributed by atoms with van der Waals surface area (Å²) in [6.07, 6.45) is 3.40. The van der Waals surface area contributed by atoms with E-state index in [1.54, 1.807) is 0 Å². The van der Waals surface area contributed by atoms with Crippen molar-refractivity contribution in [1.82, 2.24) is 4.90 Å². The second kappa shape index (κ2) is 4.43. The van der Waals surface area contributed by atoms with Gasteiger partial charge in [-0.05, 0) is 32.4 Å². The third-order valence-corrected chi connectivity index (χ3v) is 2.92. The van der Waals surface area contributed by atoms with Crippen LogP contribution in [-0.2, 0) is 4.79 Å². The maximum absolute atomic E-state index is 12.1. The van der Waals surface area contributed by atoms with Crippen LogP contribution in [0.1, 0.15) is 47.0 Å². The van der Waals surface area contributed by atoms with Crippen LogP contribution in [0.2, 0.25) is 0 Å². The molecule has 2 heteroatoms. The zero-order chi connectivity index (χ0) is 10.8. The summed E-state index contributed by atoms with van der Waals surface area (Å²) in [6.45, 7) is 10.4. The average Bonchev–Trinajstić information content (AvgIpc) is 2.50. The SMILES string of the molecule is CCCN1CCC[C@H]1C(=O)C(C)(C)C. The molecule has 0 saturated carbocycles. The lowest BCUT2D eigenvalue weighted by Crippen LogP contribution is -2.42. The number of nitrogens with zero attached hydrogens (tertiary/aromatic N) is 1. The Morgan fingerprint density at radius 2 is 2.07 bits per heavy atom. The Balaban J connectivity index is 2.62. The highest BCUT2D eigenvalue weighted by atomic mass is 16.1. The van der Waals surface area contributed by atoms with E-state index in [2.05, 4.69) is 11.8 Å². The van der Waals surface area contributed by atoms with Crippen molar-refractivity contribution in [1.29, 1.82) is 0 Å². The lowest BCUT2D eigenvalue weighted by Gasteiger charge is -2.28. The fraction of sp³-hybridized carbons (Fsp3) is 0.917. The predicted octanol–water partition coefficient (Wildman–Crippen LogP) is 2.48. The summed E-state index contributed by atoms with van der Waals surface area (Å²) in [4.78, 5) is 14.5. The molecule has 1 fully saturated rings. The largest absolute Gasteiger partial charge is 0.297 e. The molecule has 0 amide bonds. The molecule has 0 spiro atoms. The lowest BCUT2D eigenvalue weighted by molar-refractivity contribution is -0.130. The van der Waals surface area contributed by atoms with E-state index in [1.807, 2.05) is 20.8 Å². The maximum atomic E-state index is 12.1. The molecule has 1 heterocycles. The smallest absolute Gasteiger partial charge is 0.155 e. The van der Waals surface area contributed by atoms with E-state index in [-0.39, 0.29) is 11.5 Å². The summed E-state index contributed by atoms with van der Waals surface area (Å²) in [6, 6.07) is 0.204. The van der Waals surface area contributed by atoms with Gasteiger partial charge in [-0.15, -0.1) is 0 Å². The van der Waals surface area contributed by atoms with Gasteiger partial charge in [-0.2, -0.15) is 0 Å². The van der Waals surface area contributed by atoms with Gasteiger partial charge in [-0.3, -0.25) is 9.69 Å². The molecule has 0 aromatic heterocycles. The van der Waals surface area contributed by atoms with Crippen LogP contribution in [-0.4, -0.2) is 29.8 Å². The summed E-state index contributed by atoms with van der Waals surface area (Å²) in [7, 11) is 0. The molecule has 0 bridgehead atoms. The maximum Gasteiger partial charge on any atom is 0.155 e. The fourth-order valence-corrected chi connectivity index (χ4v) is 2.18. The summed E-state index contributed by atoms with van der Waals surface area (Å²) >= 11 is 0. The van der Waals surface area contributed by atoms with Crippen LogP contribution < -0.4 is 0 Å². The molecule has 1 aliphatic rings. The van der Waals surface area contributed by atoms with Crippen molar-refractivity contribution >= 4 is 5.78 Å².